The van der Waals surface area contributed by atoms with E-state index >= 15 is 0 Å². The average Bonchev–Trinajstić information content (AvgIpc) is 2.75. The molecule has 114 valence electrons. The lowest BCUT2D eigenvalue weighted by molar-refractivity contribution is -0.117. The first-order chi connectivity index (χ1) is 9.17. The number of hydrogen-bond acceptors (Lipinski definition) is 5. The van der Waals surface area contributed by atoms with Gasteiger partial charge in [-0.3, -0.25) is 15.0 Å². The maximum atomic E-state index is 11.9. The number of anilines is 1. The molecule has 2 rings (SSSR count). The van der Waals surface area contributed by atoms with E-state index in [0.29, 0.717) is 18.3 Å². The van der Waals surface area contributed by atoms with Gasteiger partial charge in [0.2, 0.25) is 11.8 Å². The number of aromatic nitrogens is 1. The van der Waals surface area contributed by atoms with Gasteiger partial charge in [0.15, 0.2) is 0 Å². The van der Waals surface area contributed by atoms with Crippen molar-refractivity contribution < 1.29 is 9.32 Å². The summed E-state index contributed by atoms with van der Waals surface area (Å²) in [4.78, 5) is 14.1. The van der Waals surface area contributed by atoms with Crippen molar-refractivity contribution in [2.24, 2.45) is 5.92 Å². The fourth-order valence-corrected chi connectivity index (χ4v) is 2.55. The molecule has 6 nitrogen and oxygen atoms in total. The molecule has 1 aromatic rings. The van der Waals surface area contributed by atoms with Crippen LogP contribution in [0.3, 0.4) is 0 Å². The third-order valence-corrected chi connectivity index (χ3v) is 3.35. The summed E-state index contributed by atoms with van der Waals surface area (Å²) in [6, 6.07) is 1.72. The second kappa shape index (κ2) is 8.24. The summed E-state index contributed by atoms with van der Waals surface area (Å²) in [5.74, 6) is 1.02. The Morgan fingerprint density at radius 1 is 1.60 bits per heavy atom. The van der Waals surface area contributed by atoms with Crippen LogP contribution in [-0.2, 0) is 4.79 Å². The van der Waals surface area contributed by atoms with Crippen molar-refractivity contribution in [3.05, 3.63) is 11.8 Å². The molecule has 1 saturated heterocycles. The highest BCUT2D eigenvalue weighted by Gasteiger charge is 2.21. The van der Waals surface area contributed by atoms with Crippen LogP contribution in [0, 0.1) is 12.8 Å². The molecule has 20 heavy (non-hydrogen) atoms. The number of carbonyl (C=O) groups is 1. The number of rotatable bonds is 5. The minimum atomic E-state index is -0.0405. The van der Waals surface area contributed by atoms with E-state index in [2.05, 4.69) is 20.7 Å². The zero-order valence-electron chi connectivity index (χ0n) is 12.0. The summed E-state index contributed by atoms with van der Waals surface area (Å²) in [5.41, 5.74) is 0.766. The number of hydrogen-bond donors (Lipinski definition) is 2. The van der Waals surface area contributed by atoms with E-state index in [9.17, 15) is 4.79 Å². The van der Waals surface area contributed by atoms with Gasteiger partial charge in [0.05, 0.1) is 12.2 Å². The van der Waals surface area contributed by atoms with Gasteiger partial charge in [-0.05, 0) is 45.8 Å². The van der Waals surface area contributed by atoms with Crippen molar-refractivity contribution in [1.29, 1.82) is 0 Å². The summed E-state index contributed by atoms with van der Waals surface area (Å²) in [5, 5.41) is 9.68. The van der Waals surface area contributed by atoms with Crippen LogP contribution in [-0.4, -0.2) is 49.2 Å². The summed E-state index contributed by atoms with van der Waals surface area (Å²) in [6.45, 7) is 5.22. The Balaban J connectivity index is 0.00000200. The van der Waals surface area contributed by atoms with Crippen LogP contribution in [0.2, 0.25) is 0 Å². The molecule has 1 aliphatic heterocycles. The second-order valence-corrected chi connectivity index (χ2v) is 5.18. The maximum Gasteiger partial charge on any atom is 0.240 e. The molecular formula is C13H23ClN4O2. The Hall–Kier alpha value is -1.11. The number of nitrogens with zero attached hydrogens (tertiary/aromatic N) is 2. The monoisotopic (exact) mass is 302 g/mol. The largest absolute Gasteiger partial charge is 0.338 e. The number of amides is 1. The smallest absolute Gasteiger partial charge is 0.240 e. The van der Waals surface area contributed by atoms with Gasteiger partial charge < -0.3 is 9.84 Å². The van der Waals surface area contributed by atoms with Crippen molar-refractivity contribution >= 4 is 24.2 Å². The molecule has 0 spiro atoms. The third kappa shape index (κ3) is 5.11. The highest BCUT2D eigenvalue weighted by atomic mass is 35.5. The molecular weight excluding hydrogens is 280 g/mol. The zero-order valence-corrected chi connectivity index (χ0v) is 12.8. The number of likely N-dealkylation sites (tertiary alicyclic amines) is 1. The minimum absolute atomic E-state index is 0. The van der Waals surface area contributed by atoms with Crippen molar-refractivity contribution in [3.8, 4) is 0 Å². The fraction of sp³-hybridized carbons (Fsp3) is 0.692. The SMILES string of the molecule is CNCC1CCCN(CC(=O)Nc2cc(C)no2)C1.Cl. The van der Waals surface area contributed by atoms with Gasteiger partial charge in [-0.2, -0.15) is 0 Å². The molecule has 1 unspecified atom stereocenters. The van der Waals surface area contributed by atoms with Gasteiger partial charge in [-0.25, -0.2) is 0 Å². The normalized spacial score (nSPS) is 19.4. The highest BCUT2D eigenvalue weighted by Crippen LogP contribution is 2.15. The first kappa shape index (κ1) is 16.9. The molecule has 7 heteroatoms. The van der Waals surface area contributed by atoms with Crippen LogP contribution in [0.1, 0.15) is 18.5 Å². The molecule has 1 aliphatic rings. The summed E-state index contributed by atoms with van der Waals surface area (Å²) < 4.78 is 4.97. The van der Waals surface area contributed by atoms with E-state index in [1.807, 2.05) is 14.0 Å². The lowest BCUT2D eigenvalue weighted by Crippen LogP contribution is -2.42. The zero-order chi connectivity index (χ0) is 13.7. The molecule has 0 aromatic carbocycles. The average molecular weight is 303 g/mol. The molecule has 0 bridgehead atoms. The Morgan fingerprint density at radius 2 is 2.40 bits per heavy atom. The Morgan fingerprint density at radius 3 is 3.05 bits per heavy atom. The summed E-state index contributed by atoms with van der Waals surface area (Å²) >= 11 is 0. The second-order valence-electron chi connectivity index (χ2n) is 5.18. The van der Waals surface area contributed by atoms with Crippen LogP contribution in [0.4, 0.5) is 5.88 Å². The van der Waals surface area contributed by atoms with E-state index < -0.39 is 0 Å². The van der Waals surface area contributed by atoms with Crippen molar-refractivity contribution in [3.63, 3.8) is 0 Å². The van der Waals surface area contributed by atoms with Crippen molar-refractivity contribution in [2.45, 2.75) is 19.8 Å². The first-order valence-electron chi connectivity index (χ1n) is 6.77. The molecule has 1 atom stereocenters. The van der Waals surface area contributed by atoms with Gasteiger partial charge in [-0.1, -0.05) is 5.16 Å². The van der Waals surface area contributed by atoms with Crippen LogP contribution >= 0.6 is 12.4 Å². The summed E-state index contributed by atoms with van der Waals surface area (Å²) in [6.07, 6.45) is 2.39. The number of piperidine rings is 1. The van der Waals surface area contributed by atoms with Gasteiger partial charge in [0, 0.05) is 12.6 Å². The molecule has 2 heterocycles. The molecule has 0 aliphatic carbocycles. The van der Waals surface area contributed by atoms with E-state index in [4.69, 9.17) is 4.52 Å². The topological polar surface area (TPSA) is 70.4 Å². The van der Waals surface area contributed by atoms with Gasteiger partial charge in [0.1, 0.15) is 0 Å². The predicted octanol–water partition coefficient (Wildman–Crippen LogP) is 1.27. The Kier molecular flexibility index (Phi) is 6.98. The first-order valence-corrected chi connectivity index (χ1v) is 6.77. The minimum Gasteiger partial charge on any atom is -0.338 e. The van der Waals surface area contributed by atoms with Crippen LogP contribution < -0.4 is 10.6 Å². The number of nitrogens with one attached hydrogen (secondary N) is 2. The van der Waals surface area contributed by atoms with Crippen molar-refractivity contribution in [2.75, 3.05) is 38.5 Å². The van der Waals surface area contributed by atoms with Crippen LogP contribution in [0.25, 0.3) is 0 Å². The predicted molar refractivity (Wildman–Crippen MR) is 80.2 cm³/mol. The molecule has 2 N–H and O–H groups in total. The van der Waals surface area contributed by atoms with E-state index in [1.165, 1.54) is 6.42 Å². The van der Waals surface area contributed by atoms with Gasteiger partial charge >= 0.3 is 0 Å². The lowest BCUT2D eigenvalue weighted by atomic mass is 9.98. The molecule has 0 radical (unpaired) electrons. The summed E-state index contributed by atoms with van der Waals surface area (Å²) in [7, 11) is 1.97. The van der Waals surface area contributed by atoms with E-state index in [-0.39, 0.29) is 18.3 Å². The Bertz CT molecular complexity index is 422. The standard InChI is InChI=1S/C13H22N4O2.ClH/c1-10-6-13(19-16-10)15-12(18)9-17-5-3-4-11(8-17)7-14-2;/h6,11,14H,3-5,7-9H2,1-2H3,(H,15,18);1H. The van der Waals surface area contributed by atoms with Crippen LogP contribution in [0.15, 0.2) is 10.6 Å². The lowest BCUT2D eigenvalue weighted by Gasteiger charge is -2.31. The molecule has 1 amide bonds. The van der Waals surface area contributed by atoms with E-state index in [1.54, 1.807) is 6.07 Å². The van der Waals surface area contributed by atoms with Gasteiger partial charge in [-0.15, -0.1) is 12.4 Å². The fourth-order valence-electron chi connectivity index (χ4n) is 2.55. The van der Waals surface area contributed by atoms with Gasteiger partial charge in [0.25, 0.3) is 0 Å². The highest BCUT2D eigenvalue weighted by molar-refractivity contribution is 5.90. The number of halogens is 1. The Labute approximate surface area is 125 Å². The number of aryl methyl sites for hydroxylation is 1. The quantitative estimate of drug-likeness (QED) is 0.857. The maximum absolute atomic E-state index is 11.9. The molecule has 1 fully saturated rings. The van der Waals surface area contributed by atoms with Crippen LogP contribution in [0.5, 0.6) is 0 Å². The number of carbonyl (C=O) groups excluding carboxylic acids is 1. The molecule has 1 aromatic heterocycles. The third-order valence-electron chi connectivity index (χ3n) is 3.35. The van der Waals surface area contributed by atoms with E-state index in [0.717, 1.165) is 31.7 Å². The van der Waals surface area contributed by atoms with Crippen molar-refractivity contribution in [1.82, 2.24) is 15.4 Å². The molecule has 0 saturated carbocycles.